The van der Waals surface area contributed by atoms with Crippen LogP contribution < -0.4 is 0 Å². The van der Waals surface area contributed by atoms with Gasteiger partial charge in [0.15, 0.2) is 0 Å². The van der Waals surface area contributed by atoms with E-state index in [1.807, 2.05) is 0 Å². The Kier molecular flexibility index (Phi) is 18.9. The molecule has 3 saturated carbocycles. The van der Waals surface area contributed by atoms with E-state index in [1.165, 1.54) is 141 Å². The van der Waals surface area contributed by atoms with Gasteiger partial charge in [0.05, 0.1) is 25.4 Å². The summed E-state index contributed by atoms with van der Waals surface area (Å²) >= 11 is 0. The number of ether oxygens (including phenoxy) is 3. The Balaban J connectivity index is 1.06. The van der Waals surface area contributed by atoms with Crippen LogP contribution in [-0.4, -0.2) is 64.2 Å². The van der Waals surface area contributed by atoms with Crippen LogP contribution in [-0.2, 0) is 14.2 Å². The van der Waals surface area contributed by atoms with Crippen molar-refractivity contribution in [3.8, 4) is 0 Å². The lowest BCUT2D eigenvalue weighted by Gasteiger charge is -2.58. The first-order chi connectivity index (χ1) is 24.6. The van der Waals surface area contributed by atoms with Gasteiger partial charge in [-0.25, -0.2) is 0 Å². The topological polar surface area (TPSA) is 30.9 Å². The van der Waals surface area contributed by atoms with Crippen molar-refractivity contribution in [1.82, 2.24) is 4.90 Å². The lowest BCUT2D eigenvalue weighted by molar-refractivity contribution is -0.0641. The second kappa shape index (κ2) is 22.2. The van der Waals surface area contributed by atoms with Gasteiger partial charge >= 0.3 is 0 Å². The minimum atomic E-state index is 0.353. The number of hydrogen-bond acceptors (Lipinski definition) is 4. The Hall–Kier alpha value is -0.420. The molecular formula is C47H87NO3. The highest BCUT2D eigenvalue weighted by molar-refractivity contribution is 5.25. The van der Waals surface area contributed by atoms with Crippen molar-refractivity contribution in [2.45, 2.75) is 195 Å². The van der Waals surface area contributed by atoms with E-state index in [0.29, 0.717) is 23.0 Å². The summed E-state index contributed by atoms with van der Waals surface area (Å²) in [5, 5.41) is 0. The third-order valence-corrected chi connectivity index (χ3v) is 15.0. The normalized spacial score (nSPS) is 31.7. The van der Waals surface area contributed by atoms with Crippen molar-refractivity contribution >= 4 is 0 Å². The van der Waals surface area contributed by atoms with Crippen molar-refractivity contribution in [3.05, 3.63) is 11.6 Å². The largest absolute Gasteiger partial charge is 0.380 e. The predicted molar refractivity (Wildman–Crippen MR) is 218 cm³/mol. The molecular weight excluding hydrogens is 627 g/mol. The minimum absolute atomic E-state index is 0.353. The summed E-state index contributed by atoms with van der Waals surface area (Å²) in [6.45, 7) is 19.3. The lowest BCUT2D eigenvalue weighted by Crippen LogP contribution is -2.51. The molecule has 4 unspecified atom stereocenters. The van der Waals surface area contributed by atoms with E-state index in [2.05, 4.69) is 66.6 Å². The zero-order chi connectivity index (χ0) is 36.7. The van der Waals surface area contributed by atoms with Crippen LogP contribution in [0.5, 0.6) is 0 Å². The van der Waals surface area contributed by atoms with Gasteiger partial charge < -0.3 is 19.1 Å². The number of likely N-dealkylation sites (N-methyl/N-ethyl adjacent to an activating group) is 1. The predicted octanol–water partition coefficient (Wildman–Crippen LogP) is 12.7. The average Bonchev–Trinajstić information content (AvgIpc) is 3.46. The number of allylic oxidation sites excluding steroid dienone is 1. The van der Waals surface area contributed by atoms with Crippen molar-refractivity contribution in [2.24, 2.45) is 46.3 Å². The van der Waals surface area contributed by atoms with Crippen LogP contribution in [0.4, 0.5) is 0 Å². The molecule has 4 rings (SSSR count). The first-order valence-corrected chi connectivity index (χ1v) is 22.7. The van der Waals surface area contributed by atoms with Gasteiger partial charge in [0.1, 0.15) is 0 Å². The third-order valence-electron chi connectivity index (χ3n) is 15.0. The molecule has 4 heteroatoms. The molecule has 0 spiro atoms. The fourth-order valence-electron chi connectivity index (χ4n) is 11.7. The van der Waals surface area contributed by atoms with E-state index in [1.54, 1.807) is 5.57 Å². The Morgan fingerprint density at radius 3 is 2.02 bits per heavy atom. The van der Waals surface area contributed by atoms with Crippen LogP contribution >= 0.6 is 0 Å². The summed E-state index contributed by atoms with van der Waals surface area (Å²) in [5.74, 6) is 5.51. The number of nitrogens with zero attached hydrogens (tertiary/aromatic N) is 1. The molecule has 4 aliphatic carbocycles. The molecule has 0 bridgehead atoms. The van der Waals surface area contributed by atoms with Crippen LogP contribution in [0.2, 0.25) is 0 Å². The van der Waals surface area contributed by atoms with Crippen LogP contribution in [0.25, 0.3) is 0 Å². The fourth-order valence-corrected chi connectivity index (χ4v) is 11.7. The van der Waals surface area contributed by atoms with Crippen LogP contribution in [0.15, 0.2) is 11.6 Å². The average molecular weight is 714 g/mol. The van der Waals surface area contributed by atoms with Gasteiger partial charge in [0, 0.05) is 19.8 Å². The zero-order valence-corrected chi connectivity index (χ0v) is 35.5. The molecule has 3 fully saturated rings. The molecule has 0 heterocycles. The van der Waals surface area contributed by atoms with Crippen LogP contribution in [0.1, 0.15) is 183 Å². The van der Waals surface area contributed by atoms with Crippen molar-refractivity contribution in [1.29, 1.82) is 0 Å². The SMILES string of the molecule is CCCCCCCOCC(COCCCCCCCCO[C@H]1CCC2(C)C(=CCC3[C@@H]2CCC2(C)[C@@H]([C@H](C)CCCC(C)C)CC[C@@H]32)C1)N(C)C. The Bertz CT molecular complexity index is 979. The van der Waals surface area contributed by atoms with E-state index < -0.39 is 0 Å². The van der Waals surface area contributed by atoms with Crippen LogP contribution in [0, 0.1) is 46.3 Å². The highest BCUT2D eigenvalue weighted by Gasteiger charge is 2.59. The molecule has 0 amide bonds. The Morgan fingerprint density at radius 2 is 1.37 bits per heavy atom. The molecule has 0 radical (unpaired) electrons. The van der Waals surface area contributed by atoms with Gasteiger partial charge in [-0.2, -0.15) is 0 Å². The molecule has 0 aromatic carbocycles. The van der Waals surface area contributed by atoms with Crippen molar-refractivity contribution in [3.63, 3.8) is 0 Å². The first-order valence-electron chi connectivity index (χ1n) is 22.7. The summed E-state index contributed by atoms with van der Waals surface area (Å²) in [5.41, 5.74) is 2.81. The maximum absolute atomic E-state index is 6.57. The number of unbranched alkanes of at least 4 members (excludes halogenated alkanes) is 9. The Morgan fingerprint density at radius 1 is 0.725 bits per heavy atom. The van der Waals surface area contributed by atoms with E-state index in [9.17, 15) is 0 Å². The number of fused-ring (bicyclic) bond motifs is 5. The van der Waals surface area contributed by atoms with E-state index >= 15 is 0 Å². The molecule has 51 heavy (non-hydrogen) atoms. The first kappa shape index (κ1) is 43.3. The molecule has 0 saturated heterocycles. The van der Waals surface area contributed by atoms with E-state index in [-0.39, 0.29) is 0 Å². The second-order valence-electron chi connectivity index (χ2n) is 19.3. The van der Waals surface area contributed by atoms with E-state index in [4.69, 9.17) is 14.2 Å². The highest BCUT2D eigenvalue weighted by atomic mass is 16.5. The zero-order valence-electron chi connectivity index (χ0n) is 35.5. The minimum Gasteiger partial charge on any atom is -0.380 e. The molecule has 0 aliphatic heterocycles. The fraction of sp³-hybridized carbons (Fsp3) is 0.957. The molecule has 0 N–H and O–H groups in total. The van der Waals surface area contributed by atoms with Crippen molar-refractivity contribution < 1.29 is 14.2 Å². The molecule has 0 aromatic heterocycles. The van der Waals surface area contributed by atoms with E-state index in [0.717, 1.165) is 68.5 Å². The van der Waals surface area contributed by atoms with Gasteiger partial charge in [-0.15, -0.1) is 0 Å². The third kappa shape index (κ3) is 12.5. The van der Waals surface area contributed by atoms with Gasteiger partial charge in [0.2, 0.25) is 0 Å². The summed E-state index contributed by atoms with van der Waals surface area (Å²) in [6, 6.07) is 0.353. The van der Waals surface area contributed by atoms with Gasteiger partial charge in [-0.3, -0.25) is 0 Å². The standard InChI is InChI=1S/C47H87NO3/c1-9-10-11-14-17-31-49-35-40(48(7)8)36-50-32-18-15-12-13-16-19-33-51-41-27-29-46(5)39(34-41)23-24-42-44-26-25-43(38(4)22-20-21-37(2)3)47(44,6)30-28-45(42)46/h23,37-38,40-45H,9-22,24-36H2,1-8H3/t38-,40?,41+,42?,43-,44+,45+,46?,47?/m1/s1. The highest BCUT2D eigenvalue weighted by Crippen LogP contribution is 2.67. The quantitative estimate of drug-likeness (QED) is 0.0659. The lowest BCUT2D eigenvalue weighted by atomic mass is 9.47. The molecule has 4 aliphatic rings. The summed E-state index contributed by atoms with van der Waals surface area (Å²) in [7, 11) is 4.28. The molecule has 0 aromatic rings. The maximum atomic E-state index is 6.57. The summed E-state index contributed by atoms with van der Waals surface area (Å²) < 4.78 is 18.6. The number of rotatable bonds is 26. The smallest absolute Gasteiger partial charge is 0.0644 e. The molecule has 4 nitrogen and oxygen atoms in total. The summed E-state index contributed by atoms with van der Waals surface area (Å²) in [4.78, 5) is 2.25. The Labute approximate surface area is 318 Å². The van der Waals surface area contributed by atoms with Crippen molar-refractivity contribution in [2.75, 3.05) is 47.1 Å². The van der Waals surface area contributed by atoms with Gasteiger partial charge in [0.25, 0.3) is 0 Å². The van der Waals surface area contributed by atoms with Crippen LogP contribution in [0.3, 0.4) is 0 Å². The monoisotopic (exact) mass is 714 g/mol. The maximum Gasteiger partial charge on any atom is 0.0644 e. The molecule has 9 atom stereocenters. The second-order valence-corrected chi connectivity index (χ2v) is 19.3. The molecule has 298 valence electrons. The summed E-state index contributed by atoms with van der Waals surface area (Å²) in [6.07, 6.45) is 32.7. The number of hydrogen-bond donors (Lipinski definition) is 0. The van der Waals surface area contributed by atoms with Gasteiger partial charge in [-0.05, 0) is 131 Å². The van der Waals surface area contributed by atoms with Gasteiger partial charge in [-0.1, -0.05) is 124 Å².